The standard InChI is InChI=1S/C65H126O6/c1-6-8-9-10-11-12-13-14-15-16-17-18-19-25-30-35-40-45-50-55-63(66)69-58-62(71-65(68)57-52-47-42-37-32-27-22-23-28-33-38-43-48-53-60(3)4)59-70-64(67)56-51-46-41-36-31-26-21-20-24-29-34-39-44-49-54-61(5)7-2/h60-62H,6-59H2,1-5H3/t61?,62-/m0/s1. The summed E-state index contributed by atoms with van der Waals surface area (Å²) < 4.78 is 17.0. The molecule has 6 heteroatoms. The van der Waals surface area contributed by atoms with Gasteiger partial charge in [0.05, 0.1) is 0 Å². The molecule has 6 nitrogen and oxygen atoms in total. The summed E-state index contributed by atoms with van der Waals surface area (Å²) in [6.45, 7) is 11.5. The maximum atomic E-state index is 12.9. The van der Waals surface area contributed by atoms with Gasteiger partial charge in [-0.25, -0.2) is 0 Å². The summed E-state index contributed by atoms with van der Waals surface area (Å²) in [4.78, 5) is 38.3. The largest absolute Gasteiger partial charge is 0.462 e. The molecule has 0 radical (unpaired) electrons. The summed E-state index contributed by atoms with van der Waals surface area (Å²) in [6.07, 6.45) is 63.8. The number of hydrogen-bond acceptors (Lipinski definition) is 6. The number of ether oxygens (including phenoxy) is 3. The van der Waals surface area contributed by atoms with Crippen LogP contribution in [0.2, 0.25) is 0 Å². The summed E-state index contributed by atoms with van der Waals surface area (Å²) in [7, 11) is 0. The van der Waals surface area contributed by atoms with Gasteiger partial charge in [0.2, 0.25) is 0 Å². The molecule has 0 bridgehead atoms. The van der Waals surface area contributed by atoms with Crippen molar-refractivity contribution in [1.82, 2.24) is 0 Å². The second-order valence-electron chi connectivity index (χ2n) is 23.1. The second kappa shape index (κ2) is 57.7. The number of hydrogen-bond donors (Lipinski definition) is 0. The van der Waals surface area contributed by atoms with Gasteiger partial charge in [-0.15, -0.1) is 0 Å². The van der Waals surface area contributed by atoms with Gasteiger partial charge in [0.1, 0.15) is 13.2 Å². The minimum atomic E-state index is -0.764. The summed E-state index contributed by atoms with van der Waals surface area (Å²) in [5.74, 6) is 0.903. The Morgan fingerprint density at radius 1 is 0.296 bits per heavy atom. The fourth-order valence-electron chi connectivity index (χ4n) is 10.1. The molecule has 71 heavy (non-hydrogen) atoms. The van der Waals surface area contributed by atoms with Crippen molar-refractivity contribution in [2.75, 3.05) is 13.2 Å². The van der Waals surface area contributed by atoms with Crippen molar-refractivity contribution in [3.63, 3.8) is 0 Å². The van der Waals surface area contributed by atoms with Crippen LogP contribution in [0.1, 0.15) is 369 Å². The van der Waals surface area contributed by atoms with Gasteiger partial charge < -0.3 is 14.2 Å². The lowest BCUT2D eigenvalue weighted by Gasteiger charge is -2.18. The van der Waals surface area contributed by atoms with Crippen molar-refractivity contribution in [2.24, 2.45) is 11.8 Å². The molecule has 0 aliphatic carbocycles. The topological polar surface area (TPSA) is 78.9 Å². The van der Waals surface area contributed by atoms with Crippen LogP contribution in [0.15, 0.2) is 0 Å². The van der Waals surface area contributed by atoms with Gasteiger partial charge in [-0.3, -0.25) is 14.4 Å². The molecule has 1 unspecified atom stereocenters. The third-order valence-electron chi connectivity index (χ3n) is 15.3. The number of esters is 3. The number of carbonyl (C=O) groups is 3. The van der Waals surface area contributed by atoms with Gasteiger partial charge in [-0.2, -0.15) is 0 Å². The van der Waals surface area contributed by atoms with Crippen molar-refractivity contribution in [1.29, 1.82) is 0 Å². The second-order valence-corrected chi connectivity index (χ2v) is 23.1. The summed E-state index contributed by atoms with van der Waals surface area (Å²) in [6, 6.07) is 0. The zero-order chi connectivity index (χ0) is 51.8. The van der Waals surface area contributed by atoms with E-state index >= 15 is 0 Å². The molecule has 0 saturated heterocycles. The van der Waals surface area contributed by atoms with Crippen LogP contribution in [0.25, 0.3) is 0 Å². The molecule has 422 valence electrons. The van der Waals surface area contributed by atoms with Crippen molar-refractivity contribution < 1.29 is 28.6 Å². The lowest BCUT2D eigenvalue weighted by atomic mass is 9.99. The van der Waals surface area contributed by atoms with Crippen LogP contribution in [0.4, 0.5) is 0 Å². The van der Waals surface area contributed by atoms with Crippen LogP contribution >= 0.6 is 0 Å². The first-order valence-electron chi connectivity index (χ1n) is 32.3. The van der Waals surface area contributed by atoms with Crippen molar-refractivity contribution in [3.8, 4) is 0 Å². The molecule has 0 N–H and O–H groups in total. The monoisotopic (exact) mass is 1000 g/mol. The average Bonchev–Trinajstić information content (AvgIpc) is 3.36. The summed E-state index contributed by atoms with van der Waals surface area (Å²) >= 11 is 0. The van der Waals surface area contributed by atoms with E-state index in [0.29, 0.717) is 19.3 Å². The quantitative estimate of drug-likeness (QED) is 0.0343. The molecule has 0 aliphatic heterocycles. The van der Waals surface area contributed by atoms with Gasteiger partial charge in [0, 0.05) is 19.3 Å². The smallest absolute Gasteiger partial charge is 0.306 e. The first-order valence-corrected chi connectivity index (χ1v) is 32.3. The first-order chi connectivity index (χ1) is 34.8. The zero-order valence-electron chi connectivity index (χ0n) is 48.9. The number of carbonyl (C=O) groups excluding carboxylic acids is 3. The third-order valence-corrected chi connectivity index (χ3v) is 15.3. The molecule has 0 aromatic carbocycles. The van der Waals surface area contributed by atoms with E-state index in [9.17, 15) is 14.4 Å². The highest BCUT2D eigenvalue weighted by molar-refractivity contribution is 5.71. The van der Waals surface area contributed by atoms with Crippen molar-refractivity contribution in [2.45, 2.75) is 375 Å². The van der Waals surface area contributed by atoms with Crippen LogP contribution in [0.5, 0.6) is 0 Å². The fourth-order valence-corrected chi connectivity index (χ4v) is 10.1. The number of unbranched alkanes of at least 4 members (excludes halogenated alkanes) is 43. The van der Waals surface area contributed by atoms with E-state index in [2.05, 4.69) is 34.6 Å². The van der Waals surface area contributed by atoms with E-state index in [0.717, 1.165) is 69.6 Å². The van der Waals surface area contributed by atoms with E-state index in [4.69, 9.17) is 14.2 Å². The van der Waals surface area contributed by atoms with E-state index in [1.54, 1.807) is 0 Å². The summed E-state index contributed by atoms with van der Waals surface area (Å²) in [5.41, 5.74) is 0. The molecule has 0 rings (SSSR count). The van der Waals surface area contributed by atoms with Crippen molar-refractivity contribution in [3.05, 3.63) is 0 Å². The van der Waals surface area contributed by atoms with E-state index in [1.165, 1.54) is 257 Å². The molecular formula is C65H126O6. The maximum Gasteiger partial charge on any atom is 0.306 e. The Bertz CT molecular complexity index is 1090. The van der Waals surface area contributed by atoms with Crippen LogP contribution in [-0.4, -0.2) is 37.2 Å². The maximum absolute atomic E-state index is 12.9. The Morgan fingerprint density at radius 2 is 0.535 bits per heavy atom. The highest BCUT2D eigenvalue weighted by Gasteiger charge is 2.19. The van der Waals surface area contributed by atoms with Gasteiger partial charge in [0.15, 0.2) is 6.10 Å². The third kappa shape index (κ3) is 57.5. The first kappa shape index (κ1) is 69.4. The highest BCUT2D eigenvalue weighted by atomic mass is 16.6. The lowest BCUT2D eigenvalue weighted by molar-refractivity contribution is -0.167. The predicted octanol–water partition coefficient (Wildman–Crippen LogP) is 21.6. The zero-order valence-corrected chi connectivity index (χ0v) is 48.9. The molecule has 0 spiro atoms. The molecule has 0 aromatic rings. The van der Waals surface area contributed by atoms with Crippen molar-refractivity contribution >= 4 is 17.9 Å². The number of rotatable bonds is 59. The summed E-state index contributed by atoms with van der Waals surface area (Å²) in [5, 5.41) is 0. The molecule has 0 saturated carbocycles. The molecule has 0 aliphatic rings. The van der Waals surface area contributed by atoms with Crippen LogP contribution in [0.3, 0.4) is 0 Å². The van der Waals surface area contributed by atoms with E-state index in [1.807, 2.05) is 0 Å². The molecule has 0 aromatic heterocycles. The molecule has 0 amide bonds. The minimum absolute atomic E-state index is 0.0619. The van der Waals surface area contributed by atoms with E-state index < -0.39 is 6.10 Å². The van der Waals surface area contributed by atoms with Gasteiger partial charge in [0.25, 0.3) is 0 Å². The van der Waals surface area contributed by atoms with Gasteiger partial charge in [-0.1, -0.05) is 330 Å². The average molecular weight is 1000 g/mol. The van der Waals surface area contributed by atoms with Crippen LogP contribution in [0, 0.1) is 11.8 Å². The Morgan fingerprint density at radius 3 is 0.803 bits per heavy atom. The Kier molecular flexibility index (Phi) is 56.4. The molecule has 2 atom stereocenters. The molecule has 0 heterocycles. The lowest BCUT2D eigenvalue weighted by Crippen LogP contribution is -2.30. The highest BCUT2D eigenvalue weighted by Crippen LogP contribution is 2.19. The Labute approximate surface area is 444 Å². The molecular weight excluding hydrogens is 877 g/mol. The van der Waals surface area contributed by atoms with Crippen LogP contribution < -0.4 is 0 Å². The normalized spacial score (nSPS) is 12.4. The Hall–Kier alpha value is -1.59. The van der Waals surface area contributed by atoms with Crippen LogP contribution in [-0.2, 0) is 28.6 Å². The fraction of sp³-hybridized carbons (Fsp3) is 0.954. The van der Waals surface area contributed by atoms with E-state index in [-0.39, 0.29) is 31.1 Å². The van der Waals surface area contributed by atoms with Gasteiger partial charge in [-0.05, 0) is 31.1 Å². The predicted molar refractivity (Wildman–Crippen MR) is 307 cm³/mol. The Balaban J connectivity index is 4.28. The molecule has 0 fully saturated rings. The minimum Gasteiger partial charge on any atom is -0.462 e. The SMILES string of the molecule is CCCCCCCCCCCCCCCCCCCCCC(=O)OC[C@@H](COC(=O)CCCCCCCCCCCCCCCCC(C)CC)OC(=O)CCCCCCCCCCCCCCCC(C)C. The van der Waals surface area contributed by atoms with Gasteiger partial charge >= 0.3 is 17.9 Å².